The number of carboxylic acid groups (broad SMARTS) is 1. The lowest BCUT2D eigenvalue weighted by molar-refractivity contribution is -0.142. The number of para-hydroxylation sites is 2. The first-order valence-corrected chi connectivity index (χ1v) is 4.72. The van der Waals surface area contributed by atoms with E-state index in [0.717, 1.165) is 0 Å². The van der Waals surface area contributed by atoms with Crippen LogP contribution < -0.4 is 9.47 Å². The van der Waals surface area contributed by atoms with Crippen LogP contribution in [0.4, 0.5) is 0 Å². The fourth-order valence-corrected chi connectivity index (χ4v) is 1.59. The van der Waals surface area contributed by atoms with Gasteiger partial charge in [-0.05, 0) is 19.1 Å². The van der Waals surface area contributed by atoms with Crippen molar-refractivity contribution in [2.75, 3.05) is 6.61 Å². The predicted octanol–water partition coefficient (Wildman–Crippen LogP) is 1.69. The van der Waals surface area contributed by atoms with Crippen LogP contribution in [0.1, 0.15) is 13.3 Å². The number of aliphatic carboxylic acids is 1. The van der Waals surface area contributed by atoms with E-state index in [0.29, 0.717) is 11.5 Å². The standard InChI is InChI=1S/C11H12O4/c1-11(6-10(12)13)7-14-8-4-2-3-5-9(8)15-11/h2-5H,6-7H2,1H3,(H,12,13). The lowest BCUT2D eigenvalue weighted by Crippen LogP contribution is -2.43. The summed E-state index contributed by atoms with van der Waals surface area (Å²) in [5.41, 5.74) is -0.778. The number of fused-ring (bicyclic) bond motifs is 1. The molecule has 4 heteroatoms. The Morgan fingerprint density at radius 1 is 1.47 bits per heavy atom. The molecular weight excluding hydrogens is 196 g/mol. The van der Waals surface area contributed by atoms with Crippen LogP contribution in [-0.2, 0) is 4.79 Å². The van der Waals surface area contributed by atoms with Crippen molar-refractivity contribution < 1.29 is 19.4 Å². The van der Waals surface area contributed by atoms with Crippen LogP contribution in [0.2, 0.25) is 0 Å². The van der Waals surface area contributed by atoms with Crippen LogP contribution in [0.5, 0.6) is 11.5 Å². The van der Waals surface area contributed by atoms with Gasteiger partial charge >= 0.3 is 5.97 Å². The highest BCUT2D eigenvalue weighted by atomic mass is 16.6. The number of hydrogen-bond acceptors (Lipinski definition) is 3. The zero-order valence-corrected chi connectivity index (χ0v) is 8.40. The molecule has 4 nitrogen and oxygen atoms in total. The molecule has 1 aromatic carbocycles. The van der Waals surface area contributed by atoms with Crippen molar-refractivity contribution in [1.82, 2.24) is 0 Å². The van der Waals surface area contributed by atoms with Gasteiger partial charge in [0.2, 0.25) is 0 Å². The average molecular weight is 208 g/mol. The van der Waals surface area contributed by atoms with Crippen LogP contribution >= 0.6 is 0 Å². The molecule has 1 N–H and O–H groups in total. The van der Waals surface area contributed by atoms with Crippen LogP contribution in [0.3, 0.4) is 0 Å². The summed E-state index contributed by atoms with van der Waals surface area (Å²) >= 11 is 0. The minimum Gasteiger partial charge on any atom is -0.486 e. The van der Waals surface area contributed by atoms with Crippen molar-refractivity contribution in [3.63, 3.8) is 0 Å². The summed E-state index contributed by atoms with van der Waals surface area (Å²) in [5.74, 6) is 0.383. The second-order valence-electron chi connectivity index (χ2n) is 3.86. The largest absolute Gasteiger partial charge is 0.486 e. The Morgan fingerprint density at radius 3 is 2.80 bits per heavy atom. The maximum atomic E-state index is 10.6. The SMILES string of the molecule is CC1(CC(=O)O)COc2ccccc2O1. The van der Waals surface area contributed by atoms with Crippen molar-refractivity contribution in [2.45, 2.75) is 18.9 Å². The maximum Gasteiger partial charge on any atom is 0.307 e. The lowest BCUT2D eigenvalue weighted by atomic mass is 10.0. The third kappa shape index (κ3) is 2.03. The average Bonchev–Trinajstić information content (AvgIpc) is 2.15. The Kier molecular flexibility index (Phi) is 2.26. The van der Waals surface area contributed by atoms with Gasteiger partial charge in [-0.25, -0.2) is 0 Å². The molecule has 0 radical (unpaired) electrons. The van der Waals surface area contributed by atoms with Crippen molar-refractivity contribution >= 4 is 5.97 Å². The topological polar surface area (TPSA) is 55.8 Å². The zero-order valence-electron chi connectivity index (χ0n) is 8.40. The second-order valence-corrected chi connectivity index (χ2v) is 3.86. The van der Waals surface area contributed by atoms with Gasteiger partial charge in [0.25, 0.3) is 0 Å². The first-order chi connectivity index (χ1) is 7.09. The summed E-state index contributed by atoms with van der Waals surface area (Å²) < 4.78 is 11.1. The van der Waals surface area contributed by atoms with Crippen molar-refractivity contribution in [1.29, 1.82) is 0 Å². The van der Waals surface area contributed by atoms with E-state index in [-0.39, 0.29) is 13.0 Å². The normalized spacial score (nSPS) is 23.5. The zero-order chi connectivity index (χ0) is 10.9. The molecular formula is C11H12O4. The molecule has 2 rings (SSSR count). The quantitative estimate of drug-likeness (QED) is 0.803. The monoisotopic (exact) mass is 208 g/mol. The number of benzene rings is 1. The Labute approximate surface area is 87.4 Å². The third-order valence-electron chi connectivity index (χ3n) is 2.26. The van der Waals surface area contributed by atoms with Gasteiger partial charge in [-0.3, -0.25) is 4.79 Å². The Balaban J connectivity index is 2.21. The molecule has 1 unspecified atom stereocenters. The fraction of sp³-hybridized carbons (Fsp3) is 0.364. The summed E-state index contributed by atoms with van der Waals surface area (Å²) in [5, 5.41) is 8.74. The summed E-state index contributed by atoms with van der Waals surface area (Å²) in [7, 11) is 0. The van der Waals surface area contributed by atoms with Gasteiger partial charge in [-0.1, -0.05) is 12.1 Å². The molecule has 15 heavy (non-hydrogen) atoms. The lowest BCUT2D eigenvalue weighted by Gasteiger charge is -2.34. The van der Waals surface area contributed by atoms with E-state index in [9.17, 15) is 4.79 Å². The molecule has 0 saturated heterocycles. The van der Waals surface area contributed by atoms with Gasteiger partial charge in [0.15, 0.2) is 17.1 Å². The number of ether oxygens (including phenoxy) is 2. The molecule has 0 aliphatic carbocycles. The van der Waals surface area contributed by atoms with E-state index in [4.69, 9.17) is 14.6 Å². The molecule has 0 saturated carbocycles. The Bertz CT molecular complexity index is 388. The molecule has 0 amide bonds. The summed E-state index contributed by atoms with van der Waals surface area (Å²) in [4.78, 5) is 10.6. The molecule has 1 heterocycles. The van der Waals surface area contributed by atoms with Crippen molar-refractivity contribution in [3.8, 4) is 11.5 Å². The van der Waals surface area contributed by atoms with E-state index in [1.54, 1.807) is 19.1 Å². The van der Waals surface area contributed by atoms with E-state index in [1.165, 1.54) is 0 Å². The number of rotatable bonds is 2. The molecule has 80 valence electrons. The summed E-state index contributed by atoms with van der Waals surface area (Å²) in [6.07, 6.45) is -0.0681. The first kappa shape index (κ1) is 9.83. The van der Waals surface area contributed by atoms with Crippen LogP contribution in [0, 0.1) is 0 Å². The van der Waals surface area contributed by atoms with Crippen molar-refractivity contribution in [3.05, 3.63) is 24.3 Å². The predicted molar refractivity (Wildman–Crippen MR) is 53.2 cm³/mol. The van der Waals surface area contributed by atoms with Crippen LogP contribution in [-0.4, -0.2) is 23.3 Å². The van der Waals surface area contributed by atoms with Crippen LogP contribution in [0.15, 0.2) is 24.3 Å². The van der Waals surface area contributed by atoms with Gasteiger partial charge in [-0.2, -0.15) is 0 Å². The first-order valence-electron chi connectivity index (χ1n) is 4.72. The molecule has 0 spiro atoms. The molecule has 1 atom stereocenters. The minimum atomic E-state index is -0.888. The Hall–Kier alpha value is -1.71. The van der Waals surface area contributed by atoms with E-state index in [1.807, 2.05) is 12.1 Å². The van der Waals surface area contributed by atoms with E-state index < -0.39 is 11.6 Å². The summed E-state index contributed by atoms with van der Waals surface area (Å²) in [6.45, 7) is 1.99. The van der Waals surface area contributed by atoms with Gasteiger partial charge in [0.1, 0.15) is 6.61 Å². The van der Waals surface area contributed by atoms with Gasteiger partial charge in [-0.15, -0.1) is 0 Å². The molecule has 1 aliphatic rings. The van der Waals surface area contributed by atoms with Crippen molar-refractivity contribution in [2.24, 2.45) is 0 Å². The second kappa shape index (κ2) is 3.46. The molecule has 1 aromatic rings. The number of carbonyl (C=O) groups is 1. The highest BCUT2D eigenvalue weighted by Crippen LogP contribution is 2.35. The smallest absolute Gasteiger partial charge is 0.307 e. The molecule has 0 fully saturated rings. The maximum absolute atomic E-state index is 10.6. The van der Waals surface area contributed by atoms with Gasteiger partial charge < -0.3 is 14.6 Å². The van der Waals surface area contributed by atoms with E-state index in [2.05, 4.69) is 0 Å². The summed E-state index contributed by atoms with van der Waals surface area (Å²) in [6, 6.07) is 7.25. The molecule has 0 aromatic heterocycles. The molecule has 0 bridgehead atoms. The Morgan fingerprint density at radius 2 is 2.13 bits per heavy atom. The van der Waals surface area contributed by atoms with Crippen LogP contribution in [0.25, 0.3) is 0 Å². The minimum absolute atomic E-state index is 0.0681. The third-order valence-corrected chi connectivity index (χ3v) is 2.26. The molecule has 1 aliphatic heterocycles. The van der Waals surface area contributed by atoms with Gasteiger partial charge in [0.05, 0.1) is 6.42 Å². The van der Waals surface area contributed by atoms with Gasteiger partial charge in [0, 0.05) is 0 Å². The highest BCUT2D eigenvalue weighted by molar-refractivity contribution is 5.68. The fourth-order valence-electron chi connectivity index (χ4n) is 1.59. The number of carboxylic acids is 1. The number of hydrogen-bond donors (Lipinski definition) is 1. The van der Waals surface area contributed by atoms with E-state index >= 15 is 0 Å². The highest BCUT2D eigenvalue weighted by Gasteiger charge is 2.35.